The number of fused-ring (bicyclic) bond motifs is 1. The predicted octanol–water partition coefficient (Wildman–Crippen LogP) is 1.57. The van der Waals surface area contributed by atoms with E-state index in [4.69, 9.17) is 5.11 Å². The van der Waals surface area contributed by atoms with Gasteiger partial charge in [-0.25, -0.2) is 0 Å². The van der Waals surface area contributed by atoms with Gasteiger partial charge in [-0.2, -0.15) is 0 Å². The van der Waals surface area contributed by atoms with Crippen LogP contribution in [0.1, 0.15) is 29.7 Å². The molecule has 0 unspecified atom stereocenters. The van der Waals surface area contributed by atoms with Crippen LogP contribution in [0.4, 0.5) is 0 Å². The zero-order valence-electron chi connectivity index (χ0n) is 12.0. The second-order valence-electron chi connectivity index (χ2n) is 5.72. The zero-order chi connectivity index (χ0) is 14.8. The Labute approximate surface area is 128 Å². The molecule has 1 aromatic rings. The summed E-state index contributed by atoms with van der Waals surface area (Å²) in [6, 6.07) is 1.70. The minimum atomic E-state index is -0.763. The Balaban J connectivity index is 1.52. The molecular formula is C15H20N2O3S. The lowest BCUT2D eigenvalue weighted by Gasteiger charge is -2.28. The number of carbonyl (C=O) groups excluding carboxylic acids is 1. The summed E-state index contributed by atoms with van der Waals surface area (Å²) in [7, 11) is 0. The van der Waals surface area contributed by atoms with E-state index in [1.807, 2.05) is 9.80 Å². The van der Waals surface area contributed by atoms with E-state index in [0.29, 0.717) is 25.9 Å². The van der Waals surface area contributed by atoms with Gasteiger partial charge in [-0.05, 0) is 42.8 Å². The number of aliphatic carboxylic acids is 1. The normalized spacial score (nSPS) is 22.3. The lowest BCUT2D eigenvalue weighted by molar-refractivity contribution is -0.143. The van der Waals surface area contributed by atoms with E-state index in [1.165, 1.54) is 10.4 Å². The van der Waals surface area contributed by atoms with Crippen LogP contribution < -0.4 is 0 Å². The summed E-state index contributed by atoms with van der Waals surface area (Å²) in [6.45, 7) is 2.84. The average molecular weight is 308 g/mol. The van der Waals surface area contributed by atoms with E-state index < -0.39 is 12.0 Å². The zero-order valence-corrected chi connectivity index (χ0v) is 12.8. The molecule has 1 atom stereocenters. The van der Waals surface area contributed by atoms with Gasteiger partial charge in [0.05, 0.1) is 0 Å². The molecule has 2 aliphatic rings. The Morgan fingerprint density at radius 3 is 3.05 bits per heavy atom. The molecule has 0 aliphatic carbocycles. The van der Waals surface area contributed by atoms with Gasteiger partial charge in [0.2, 0.25) is 5.91 Å². The van der Waals surface area contributed by atoms with E-state index in [1.54, 1.807) is 11.3 Å². The summed E-state index contributed by atoms with van der Waals surface area (Å²) in [5.74, 6) is -0.622. The molecule has 0 spiro atoms. The van der Waals surface area contributed by atoms with Gasteiger partial charge in [-0.1, -0.05) is 0 Å². The molecule has 1 aromatic heterocycles. The minimum absolute atomic E-state index is 0.142. The maximum Gasteiger partial charge on any atom is 0.320 e. The summed E-state index contributed by atoms with van der Waals surface area (Å²) >= 11 is 1.76. The number of carboxylic acid groups (broad SMARTS) is 1. The number of nitrogens with zero attached hydrogens (tertiary/aromatic N) is 2. The van der Waals surface area contributed by atoms with Crippen LogP contribution in [0.2, 0.25) is 0 Å². The molecular weight excluding hydrogens is 288 g/mol. The van der Waals surface area contributed by atoms with Crippen LogP contribution in [0.25, 0.3) is 0 Å². The molecule has 1 saturated heterocycles. The highest BCUT2D eigenvalue weighted by molar-refractivity contribution is 7.10. The molecule has 1 fully saturated rings. The van der Waals surface area contributed by atoms with Crippen LogP contribution in [0.5, 0.6) is 0 Å². The molecule has 0 saturated carbocycles. The SMILES string of the molecule is O=C(O)[C@@H]1CCCN1CCC(=O)N1CCc2sccc2C1. The lowest BCUT2D eigenvalue weighted by Crippen LogP contribution is -2.40. The van der Waals surface area contributed by atoms with Gasteiger partial charge < -0.3 is 10.0 Å². The first-order chi connectivity index (χ1) is 10.1. The molecule has 3 rings (SSSR count). The molecule has 6 heteroatoms. The number of hydrogen-bond donors (Lipinski definition) is 1. The van der Waals surface area contributed by atoms with Gasteiger partial charge in [0.25, 0.3) is 0 Å². The van der Waals surface area contributed by atoms with E-state index >= 15 is 0 Å². The van der Waals surface area contributed by atoms with Crippen molar-refractivity contribution in [2.24, 2.45) is 0 Å². The topological polar surface area (TPSA) is 60.9 Å². The first-order valence-electron chi connectivity index (χ1n) is 7.45. The molecule has 0 radical (unpaired) electrons. The van der Waals surface area contributed by atoms with Gasteiger partial charge >= 0.3 is 5.97 Å². The van der Waals surface area contributed by atoms with Gasteiger partial charge in [-0.15, -0.1) is 11.3 Å². The molecule has 0 bridgehead atoms. The fraction of sp³-hybridized carbons (Fsp3) is 0.600. The fourth-order valence-electron chi connectivity index (χ4n) is 3.23. The predicted molar refractivity (Wildman–Crippen MR) is 80.3 cm³/mol. The third-order valence-corrected chi connectivity index (χ3v) is 5.44. The minimum Gasteiger partial charge on any atom is -0.480 e. The van der Waals surface area contributed by atoms with Crippen LogP contribution in [0.15, 0.2) is 11.4 Å². The molecule has 1 N–H and O–H groups in total. The standard InChI is InChI=1S/C15H20N2O3S/c18-14(4-8-16-6-1-2-12(16)15(19)20)17-7-3-13-11(10-17)5-9-21-13/h5,9,12H,1-4,6-8,10H2,(H,19,20)/t12-/m0/s1. The van der Waals surface area contributed by atoms with E-state index in [0.717, 1.165) is 25.9 Å². The molecule has 21 heavy (non-hydrogen) atoms. The fourth-order valence-corrected chi connectivity index (χ4v) is 4.12. The Kier molecular flexibility index (Phi) is 4.26. The first-order valence-corrected chi connectivity index (χ1v) is 8.33. The summed E-state index contributed by atoms with van der Waals surface area (Å²) in [5, 5.41) is 11.2. The van der Waals surface area contributed by atoms with Gasteiger partial charge in [0, 0.05) is 30.9 Å². The Morgan fingerprint density at radius 2 is 2.24 bits per heavy atom. The number of thiophene rings is 1. The lowest BCUT2D eigenvalue weighted by atomic mass is 10.1. The molecule has 0 aromatic carbocycles. The van der Waals surface area contributed by atoms with Gasteiger partial charge in [0.15, 0.2) is 0 Å². The monoisotopic (exact) mass is 308 g/mol. The maximum absolute atomic E-state index is 12.3. The second-order valence-corrected chi connectivity index (χ2v) is 6.72. The van der Waals surface area contributed by atoms with Crippen LogP contribution >= 0.6 is 11.3 Å². The van der Waals surface area contributed by atoms with E-state index in [-0.39, 0.29) is 5.91 Å². The average Bonchev–Trinajstić information content (AvgIpc) is 3.12. The maximum atomic E-state index is 12.3. The largest absolute Gasteiger partial charge is 0.480 e. The first kappa shape index (κ1) is 14.5. The second kappa shape index (κ2) is 6.15. The number of hydrogen-bond acceptors (Lipinski definition) is 4. The van der Waals surface area contributed by atoms with Crippen LogP contribution in [-0.2, 0) is 22.6 Å². The summed E-state index contributed by atoms with van der Waals surface area (Å²) in [5.41, 5.74) is 1.27. The number of carboxylic acids is 1. The highest BCUT2D eigenvalue weighted by Gasteiger charge is 2.31. The molecule has 114 valence electrons. The van der Waals surface area contributed by atoms with Crippen molar-refractivity contribution in [1.82, 2.24) is 9.80 Å². The van der Waals surface area contributed by atoms with Gasteiger partial charge in [0.1, 0.15) is 6.04 Å². The summed E-state index contributed by atoms with van der Waals surface area (Å²) in [4.78, 5) is 28.7. The molecule has 3 heterocycles. The quantitative estimate of drug-likeness (QED) is 0.917. The van der Waals surface area contributed by atoms with Crippen molar-refractivity contribution < 1.29 is 14.7 Å². The molecule has 5 nitrogen and oxygen atoms in total. The van der Waals surface area contributed by atoms with Crippen molar-refractivity contribution in [3.63, 3.8) is 0 Å². The highest BCUT2D eigenvalue weighted by atomic mass is 32.1. The number of likely N-dealkylation sites (tertiary alicyclic amines) is 1. The smallest absolute Gasteiger partial charge is 0.320 e. The third-order valence-electron chi connectivity index (χ3n) is 4.42. The van der Waals surface area contributed by atoms with E-state index in [9.17, 15) is 9.59 Å². The Morgan fingerprint density at radius 1 is 1.38 bits per heavy atom. The molecule has 2 aliphatic heterocycles. The summed E-state index contributed by atoms with van der Waals surface area (Å²) < 4.78 is 0. The third kappa shape index (κ3) is 3.11. The molecule has 1 amide bonds. The number of amides is 1. The van der Waals surface area contributed by atoms with Crippen molar-refractivity contribution in [2.45, 2.75) is 38.3 Å². The number of rotatable bonds is 4. The van der Waals surface area contributed by atoms with Crippen molar-refractivity contribution in [3.05, 3.63) is 21.9 Å². The Bertz CT molecular complexity index is 543. The van der Waals surface area contributed by atoms with Crippen molar-refractivity contribution in [1.29, 1.82) is 0 Å². The van der Waals surface area contributed by atoms with Crippen LogP contribution in [0.3, 0.4) is 0 Å². The highest BCUT2D eigenvalue weighted by Crippen LogP contribution is 2.24. The number of carbonyl (C=O) groups is 2. The van der Waals surface area contributed by atoms with Crippen molar-refractivity contribution >= 4 is 23.2 Å². The van der Waals surface area contributed by atoms with Crippen LogP contribution in [0, 0.1) is 0 Å². The van der Waals surface area contributed by atoms with Crippen molar-refractivity contribution in [3.8, 4) is 0 Å². The van der Waals surface area contributed by atoms with E-state index in [2.05, 4.69) is 11.4 Å². The Hall–Kier alpha value is -1.40. The van der Waals surface area contributed by atoms with Crippen molar-refractivity contribution in [2.75, 3.05) is 19.6 Å². The van der Waals surface area contributed by atoms with Gasteiger partial charge in [-0.3, -0.25) is 14.5 Å². The summed E-state index contributed by atoms with van der Waals surface area (Å²) in [6.07, 6.45) is 2.97. The van der Waals surface area contributed by atoms with Crippen LogP contribution in [-0.4, -0.2) is 52.5 Å².